The Balaban J connectivity index is 1.92. The minimum atomic E-state index is -0.875. The van der Waals surface area contributed by atoms with Gasteiger partial charge in [-0.2, -0.15) is 24.4 Å². The fraction of sp³-hybridized carbons (Fsp3) is 0.333. The lowest BCUT2D eigenvalue weighted by molar-refractivity contribution is -0.122. The zero-order valence-electron chi connectivity index (χ0n) is 9.68. The van der Waals surface area contributed by atoms with Crippen LogP contribution in [0.4, 0.5) is 4.79 Å². The van der Waals surface area contributed by atoms with E-state index in [4.69, 9.17) is 0 Å². The third kappa shape index (κ3) is 2.81. The summed E-state index contributed by atoms with van der Waals surface area (Å²) in [7, 11) is 0. The van der Waals surface area contributed by atoms with Crippen LogP contribution in [0.5, 0.6) is 0 Å². The van der Waals surface area contributed by atoms with E-state index in [1.165, 1.54) is 5.56 Å². The minimum absolute atomic E-state index is 0.289. The molecule has 0 aromatic heterocycles. The van der Waals surface area contributed by atoms with Crippen molar-refractivity contribution < 1.29 is 9.59 Å². The van der Waals surface area contributed by atoms with Crippen LogP contribution in [-0.4, -0.2) is 29.0 Å². The molecule has 96 valence electrons. The van der Waals surface area contributed by atoms with Crippen molar-refractivity contribution >= 4 is 36.3 Å². The summed E-state index contributed by atoms with van der Waals surface area (Å²) in [6.45, 7) is 0. The Hall–Kier alpha value is -1.14. The SMILES string of the molecule is O=C1NC(=O)C(CS)(CSCc2ccccc2)N1. The van der Waals surface area contributed by atoms with Crippen molar-refractivity contribution in [2.75, 3.05) is 11.5 Å². The Morgan fingerprint density at radius 2 is 1.94 bits per heavy atom. The zero-order valence-corrected chi connectivity index (χ0v) is 11.4. The molecule has 1 aromatic rings. The predicted molar refractivity (Wildman–Crippen MR) is 75.9 cm³/mol. The van der Waals surface area contributed by atoms with Crippen LogP contribution in [0.3, 0.4) is 0 Å². The molecule has 1 unspecified atom stereocenters. The van der Waals surface area contributed by atoms with E-state index in [0.29, 0.717) is 11.5 Å². The Morgan fingerprint density at radius 1 is 1.22 bits per heavy atom. The molecule has 2 rings (SSSR count). The first-order chi connectivity index (χ1) is 8.66. The number of carbonyl (C=O) groups is 2. The quantitative estimate of drug-likeness (QED) is 0.565. The Morgan fingerprint density at radius 3 is 2.50 bits per heavy atom. The summed E-state index contributed by atoms with van der Waals surface area (Å²) in [5, 5.41) is 4.91. The lowest BCUT2D eigenvalue weighted by atomic mass is 10.1. The van der Waals surface area contributed by atoms with E-state index in [1.807, 2.05) is 30.3 Å². The Kier molecular flexibility index (Phi) is 4.19. The van der Waals surface area contributed by atoms with Gasteiger partial charge in [0.05, 0.1) is 0 Å². The predicted octanol–water partition coefficient (Wildman–Crippen LogP) is 1.43. The standard InChI is InChI=1S/C12H14N2O2S2/c15-10-12(7-17,14-11(16)13-10)8-18-6-9-4-2-1-3-5-9/h1-5,17H,6-8H2,(H2,13,14,15,16). The number of amides is 3. The smallest absolute Gasteiger partial charge is 0.322 e. The molecular formula is C12H14N2O2S2. The fourth-order valence-electron chi connectivity index (χ4n) is 1.70. The number of benzene rings is 1. The van der Waals surface area contributed by atoms with Crippen molar-refractivity contribution in [1.29, 1.82) is 0 Å². The number of thiol groups is 1. The molecule has 0 aliphatic carbocycles. The highest BCUT2D eigenvalue weighted by molar-refractivity contribution is 7.98. The van der Waals surface area contributed by atoms with Crippen LogP contribution in [0.1, 0.15) is 5.56 Å². The molecule has 1 atom stereocenters. The summed E-state index contributed by atoms with van der Waals surface area (Å²) < 4.78 is 0. The van der Waals surface area contributed by atoms with Gasteiger partial charge >= 0.3 is 6.03 Å². The van der Waals surface area contributed by atoms with E-state index >= 15 is 0 Å². The van der Waals surface area contributed by atoms with Crippen LogP contribution < -0.4 is 10.6 Å². The number of rotatable bonds is 5. The average molecular weight is 282 g/mol. The molecule has 3 amide bonds. The van der Waals surface area contributed by atoms with E-state index < -0.39 is 11.6 Å². The van der Waals surface area contributed by atoms with Crippen molar-refractivity contribution in [3.05, 3.63) is 35.9 Å². The van der Waals surface area contributed by atoms with Gasteiger partial charge in [-0.1, -0.05) is 30.3 Å². The van der Waals surface area contributed by atoms with Crippen LogP contribution in [0.15, 0.2) is 30.3 Å². The number of hydrogen-bond acceptors (Lipinski definition) is 4. The molecule has 1 aliphatic heterocycles. The van der Waals surface area contributed by atoms with E-state index in [-0.39, 0.29) is 5.91 Å². The maximum Gasteiger partial charge on any atom is 0.322 e. The van der Waals surface area contributed by atoms with Crippen molar-refractivity contribution in [3.63, 3.8) is 0 Å². The largest absolute Gasteiger partial charge is 0.322 e. The summed E-state index contributed by atoms with van der Waals surface area (Å²) in [6.07, 6.45) is 0. The second-order valence-corrected chi connectivity index (χ2v) is 5.43. The van der Waals surface area contributed by atoms with Crippen molar-refractivity contribution in [2.24, 2.45) is 0 Å². The molecule has 4 nitrogen and oxygen atoms in total. The maximum atomic E-state index is 11.7. The van der Waals surface area contributed by atoms with E-state index in [2.05, 4.69) is 23.3 Å². The first kappa shape index (κ1) is 13.3. The third-order valence-corrected chi connectivity index (χ3v) is 4.52. The number of thioether (sulfide) groups is 1. The van der Waals surface area contributed by atoms with Gasteiger partial charge in [0.15, 0.2) is 0 Å². The summed E-state index contributed by atoms with van der Waals surface area (Å²) in [5.41, 5.74) is 0.321. The Bertz CT molecular complexity index is 453. The number of imide groups is 1. The van der Waals surface area contributed by atoms with Gasteiger partial charge in [-0.25, -0.2) is 4.79 Å². The second-order valence-electron chi connectivity index (χ2n) is 4.13. The normalized spacial score (nSPS) is 22.7. The molecule has 1 saturated heterocycles. The van der Waals surface area contributed by atoms with Gasteiger partial charge in [0, 0.05) is 17.3 Å². The summed E-state index contributed by atoms with van der Waals surface area (Å²) in [4.78, 5) is 22.9. The molecule has 0 saturated carbocycles. The molecule has 0 spiro atoms. The molecule has 1 aromatic carbocycles. The average Bonchev–Trinajstić information content (AvgIpc) is 2.66. The first-order valence-corrected chi connectivity index (χ1v) is 7.31. The molecule has 18 heavy (non-hydrogen) atoms. The molecular weight excluding hydrogens is 268 g/mol. The monoisotopic (exact) mass is 282 g/mol. The van der Waals surface area contributed by atoms with Gasteiger partial charge in [-0.15, -0.1) is 0 Å². The fourth-order valence-corrected chi connectivity index (χ4v) is 3.37. The molecule has 1 fully saturated rings. The molecule has 1 heterocycles. The number of carbonyl (C=O) groups excluding carboxylic acids is 2. The highest BCUT2D eigenvalue weighted by Crippen LogP contribution is 2.22. The van der Waals surface area contributed by atoms with Gasteiger partial charge < -0.3 is 5.32 Å². The first-order valence-electron chi connectivity index (χ1n) is 5.52. The topological polar surface area (TPSA) is 58.2 Å². The van der Waals surface area contributed by atoms with E-state index in [0.717, 1.165) is 5.75 Å². The molecule has 6 heteroatoms. The number of urea groups is 1. The van der Waals surface area contributed by atoms with Crippen LogP contribution >= 0.6 is 24.4 Å². The van der Waals surface area contributed by atoms with Crippen molar-refractivity contribution in [3.8, 4) is 0 Å². The van der Waals surface area contributed by atoms with Gasteiger partial charge in [0.2, 0.25) is 0 Å². The zero-order chi connectivity index (χ0) is 13.0. The minimum Gasteiger partial charge on any atom is -0.322 e. The van der Waals surface area contributed by atoms with Crippen LogP contribution in [0.25, 0.3) is 0 Å². The van der Waals surface area contributed by atoms with Crippen LogP contribution in [0, 0.1) is 0 Å². The van der Waals surface area contributed by atoms with E-state index in [1.54, 1.807) is 11.8 Å². The van der Waals surface area contributed by atoms with Gasteiger partial charge in [0.25, 0.3) is 5.91 Å². The molecule has 2 N–H and O–H groups in total. The second kappa shape index (κ2) is 5.67. The lowest BCUT2D eigenvalue weighted by Crippen LogP contribution is -2.51. The van der Waals surface area contributed by atoms with Crippen LogP contribution in [0.2, 0.25) is 0 Å². The van der Waals surface area contributed by atoms with Gasteiger partial charge in [0.1, 0.15) is 5.54 Å². The Labute approximate surface area is 115 Å². The number of hydrogen-bond donors (Lipinski definition) is 3. The molecule has 0 radical (unpaired) electrons. The highest BCUT2D eigenvalue weighted by atomic mass is 32.2. The van der Waals surface area contributed by atoms with Crippen LogP contribution in [-0.2, 0) is 10.5 Å². The summed E-state index contributed by atoms with van der Waals surface area (Å²) in [6, 6.07) is 9.56. The third-order valence-electron chi connectivity index (χ3n) is 2.74. The van der Waals surface area contributed by atoms with E-state index in [9.17, 15) is 9.59 Å². The summed E-state index contributed by atoms with van der Waals surface area (Å²) >= 11 is 5.78. The maximum absolute atomic E-state index is 11.7. The number of nitrogens with one attached hydrogen (secondary N) is 2. The molecule has 1 aliphatic rings. The molecule has 0 bridgehead atoms. The lowest BCUT2D eigenvalue weighted by Gasteiger charge is -2.23. The van der Waals surface area contributed by atoms with Crippen molar-refractivity contribution in [1.82, 2.24) is 10.6 Å². The summed E-state index contributed by atoms with van der Waals surface area (Å²) in [5.74, 6) is 1.33. The van der Waals surface area contributed by atoms with Crippen molar-refractivity contribution in [2.45, 2.75) is 11.3 Å². The van der Waals surface area contributed by atoms with Gasteiger partial charge in [-0.05, 0) is 5.56 Å². The van der Waals surface area contributed by atoms with Gasteiger partial charge in [-0.3, -0.25) is 10.1 Å². The highest BCUT2D eigenvalue weighted by Gasteiger charge is 2.44.